The van der Waals surface area contributed by atoms with Gasteiger partial charge in [-0.25, -0.2) is 0 Å². The summed E-state index contributed by atoms with van der Waals surface area (Å²) in [7, 11) is 0. The van der Waals surface area contributed by atoms with Crippen molar-refractivity contribution in [3.05, 3.63) is 0 Å². The number of rotatable bonds is 3. The van der Waals surface area contributed by atoms with Gasteiger partial charge >= 0.3 is 5.97 Å². The Balaban J connectivity index is 1.78. The molecule has 2 fully saturated rings. The van der Waals surface area contributed by atoms with Crippen molar-refractivity contribution in [2.75, 3.05) is 39.3 Å². The summed E-state index contributed by atoms with van der Waals surface area (Å²) in [6.45, 7) is 11.0. The Morgan fingerprint density at radius 3 is 2.42 bits per heavy atom. The second-order valence-electron chi connectivity index (χ2n) is 6.69. The molecular weight excluding hydrogens is 244 g/mol. The van der Waals surface area contributed by atoms with Crippen molar-refractivity contribution in [3.8, 4) is 0 Å². The predicted molar refractivity (Wildman–Crippen MR) is 72.8 cm³/mol. The smallest absolute Gasteiger partial charge is 0.323 e. The van der Waals surface area contributed by atoms with Crippen LogP contribution in [-0.2, 0) is 9.53 Å². The number of esters is 1. The van der Waals surface area contributed by atoms with Gasteiger partial charge in [-0.05, 0) is 5.41 Å². The Hall–Kier alpha value is -0.650. The lowest BCUT2D eigenvalue weighted by Gasteiger charge is -2.39. The van der Waals surface area contributed by atoms with Crippen LogP contribution in [-0.4, -0.2) is 72.4 Å². The van der Waals surface area contributed by atoms with Crippen LogP contribution in [0.4, 0.5) is 0 Å². The molecule has 110 valence electrons. The summed E-state index contributed by atoms with van der Waals surface area (Å²) in [5.74, 6) is -0.0665. The van der Waals surface area contributed by atoms with Gasteiger partial charge < -0.3 is 9.84 Å². The van der Waals surface area contributed by atoms with E-state index in [1.807, 2.05) is 0 Å². The van der Waals surface area contributed by atoms with Gasteiger partial charge in [-0.3, -0.25) is 14.6 Å². The SMILES string of the molecule is CC(C)(C)C(O)CN1CCN(C2CCOC2=O)CC1. The maximum Gasteiger partial charge on any atom is 0.323 e. The Bertz CT molecular complexity index is 319. The van der Waals surface area contributed by atoms with Crippen molar-refractivity contribution >= 4 is 5.97 Å². The van der Waals surface area contributed by atoms with E-state index in [9.17, 15) is 9.90 Å². The fourth-order valence-corrected chi connectivity index (χ4v) is 2.59. The molecule has 19 heavy (non-hydrogen) atoms. The summed E-state index contributed by atoms with van der Waals surface area (Å²) in [4.78, 5) is 16.0. The van der Waals surface area contributed by atoms with Gasteiger partial charge in [-0.2, -0.15) is 0 Å². The average Bonchev–Trinajstić information content (AvgIpc) is 2.75. The van der Waals surface area contributed by atoms with Crippen molar-refractivity contribution < 1.29 is 14.6 Å². The molecule has 0 amide bonds. The van der Waals surface area contributed by atoms with Crippen molar-refractivity contribution in [2.24, 2.45) is 5.41 Å². The summed E-state index contributed by atoms with van der Waals surface area (Å²) in [6.07, 6.45) is 0.513. The molecule has 0 saturated carbocycles. The van der Waals surface area contributed by atoms with Crippen LogP contribution in [0, 0.1) is 5.41 Å². The van der Waals surface area contributed by atoms with E-state index in [2.05, 4.69) is 30.6 Å². The predicted octanol–water partition coefficient (Wildman–Crippen LogP) is 0.327. The van der Waals surface area contributed by atoms with Gasteiger partial charge in [-0.1, -0.05) is 20.8 Å². The first kappa shape index (κ1) is 14.8. The number of carbonyl (C=O) groups is 1. The summed E-state index contributed by atoms with van der Waals surface area (Å²) >= 11 is 0. The van der Waals surface area contributed by atoms with E-state index in [0.29, 0.717) is 13.2 Å². The molecule has 0 aromatic heterocycles. The molecule has 0 aromatic rings. The zero-order valence-corrected chi connectivity index (χ0v) is 12.3. The largest absolute Gasteiger partial charge is 0.464 e. The van der Waals surface area contributed by atoms with Crippen LogP contribution in [0.2, 0.25) is 0 Å². The molecule has 0 radical (unpaired) electrons. The molecule has 0 aromatic carbocycles. The number of aliphatic hydroxyl groups is 1. The summed E-state index contributed by atoms with van der Waals surface area (Å²) in [5.41, 5.74) is -0.0770. The van der Waals surface area contributed by atoms with Gasteiger partial charge in [0.25, 0.3) is 0 Å². The Morgan fingerprint density at radius 2 is 1.95 bits per heavy atom. The van der Waals surface area contributed by atoms with E-state index >= 15 is 0 Å². The van der Waals surface area contributed by atoms with E-state index < -0.39 is 0 Å². The number of ether oxygens (including phenoxy) is 1. The number of cyclic esters (lactones) is 1. The molecule has 2 saturated heterocycles. The van der Waals surface area contributed by atoms with Crippen molar-refractivity contribution in [2.45, 2.75) is 39.3 Å². The van der Waals surface area contributed by atoms with Crippen LogP contribution >= 0.6 is 0 Å². The van der Waals surface area contributed by atoms with Gasteiger partial charge in [0, 0.05) is 39.1 Å². The number of carbonyl (C=O) groups excluding carboxylic acids is 1. The lowest BCUT2D eigenvalue weighted by atomic mass is 9.89. The molecule has 5 heteroatoms. The fraction of sp³-hybridized carbons (Fsp3) is 0.929. The van der Waals surface area contributed by atoms with Crippen LogP contribution in [0.3, 0.4) is 0 Å². The fourth-order valence-electron chi connectivity index (χ4n) is 2.59. The van der Waals surface area contributed by atoms with E-state index in [1.54, 1.807) is 0 Å². The number of nitrogens with zero attached hydrogens (tertiary/aromatic N) is 2. The number of aliphatic hydroxyl groups excluding tert-OH is 1. The molecule has 0 aliphatic carbocycles. The third-order valence-electron chi connectivity index (χ3n) is 4.19. The van der Waals surface area contributed by atoms with Crippen LogP contribution in [0.1, 0.15) is 27.2 Å². The first-order chi connectivity index (χ1) is 8.88. The molecule has 2 atom stereocenters. The molecule has 2 rings (SSSR count). The highest BCUT2D eigenvalue weighted by atomic mass is 16.5. The standard InChI is InChI=1S/C14H26N2O3/c1-14(2,3)12(17)10-15-5-7-16(8-6-15)11-4-9-19-13(11)18/h11-12,17H,4-10H2,1-3H3. The number of hydrogen-bond acceptors (Lipinski definition) is 5. The zero-order valence-electron chi connectivity index (χ0n) is 12.3. The number of hydrogen-bond donors (Lipinski definition) is 1. The zero-order chi connectivity index (χ0) is 14.0. The molecule has 2 aliphatic rings. The minimum absolute atomic E-state index is 0.0327. The molecule has 5 nitrogen and oxygen atoms in total. The maximum absolute atomic E-state index is 11.5. The van der Waals surface area contributed by atoms with Crippen LogP contribution in [0.5, 0.6) is 0 Å². The second kappa shape index (κ2) is 5.77. The van der Waals surface area contributed by atoms with Crippen LogP contribution < -0.4 is 0 Å². The average molecular weight is 270 g/mol. The molecular formula is C14H26N2O3. The molecule has 0 spiro atoms. The summed E-state index contributed by atoms with van der Waals surface area (Å²) < 4.78 is 5.02. The lowest BCUT2D eigenvalue weighted by Crippen LogP contribution is -2.53. The quantitative estimate of drug-likeness (QED) is 0.749. The third-order valence-corrected chi connectivity index (χ3v) is 4.19. The topological polar surface area (TPSA) is 53.0 Å². The van der Waals surface area contributed by atoms with Crippen molar-refractivity contribution in [1.82, 2.24) is 9.80 Å². The van der Waals surface area contributed by atoms with Crippen LogP contribution in [0.15, 0.2) is 0 Å². The van der Waals surface area contributed by atoms with E-state index in [-0.39, 0.29) is 23.5 Å². The summed E-state index contributed by atoms with van der Waals surface area (Å²) in [6, 6.07) is -0.0327. The van der Waals surface area contributed by atoms with Crippen molar-refractivity contribution in [3.63, 3.8) is 0 Å². The number of β-amino-alcohol motifs (C(OH)–C–C–N with tert-alkyl or cyclic N) is 1. The van der Waals surface area contributed by atoms with Crippen LogP contribution in [0.25, 0.3) is 0 Å². The normalized spacial score (nSPS) is 28.4. The highest BCUT2D eigenvalue weighted by Gasteiger charge is 2.34. The number of piperazine rings is 1. The summed E-state index contributed by atoms with van der Waals surface area (Å²) in [5, 5.41) is 10.1. The maximum atomic E-state index is 11.5. The first-order valence-corrected chi connectivity index (χ1v) is 7.19. The minimum Gasteiger partial charge on any atom is -0.464 e. The molecule has 2 unspecified atom stereocenters. The Kier molecular flexibility index (Phi) is 4.48. The van der Waals surface area contributed by atoms with Gasteiger partial charge in [0.1, 0.15) is 6.04 Å². The molecule has 2 heterocycles. The minimum atomic E-state index is -0.310. The first-order valence-electron chi connectivity index (χ1n) is 7.19. The molecule has 0 bridgehead atoms. The van der Waals surface area contributed by atoms with E-state index in [4.69, 9.17) is 4.74 Å². The second-order valence-corrected chi connectivity index (χ2v) is 6.69. The van der Waals surface area contributed by atoms with E-state index in [1.165, 1.54) is 0 Å². The third kappa shape index (κ3) is 3.68. The Morgan fingerprint density at radius 1 is 1.32 bits per heavy atom. The highest BCUT2D eigenvalue weighted by Crippen LogP contribution is 2.21. The van der Waals surface area contributed by atoms with Gasteiger partial charge in [0.2, 0.25) is 0 Å². The highest BCUT2D eigenvalue weighted by molar-refractivity contribution is 5.77. The van der Waals surface area contributed by atoms with Gasteiger partial charge in [0.05, 0.1) is 12.7 Å². The molecule has 2 aliphatic heterocycles. The Labute approximate surface area is 115 Å². The van der Waals surface area contributed by atoms with E-state index in [0.717, 1.165) is 32.6 Å². The molecule has 1 N–H and O–H groups in total. The monoisotopic (exact) mass is 270 g/mol. The van der Waals surface area contributed by atoms with Gasteiger partial charge in [0.15, 0.2) is 0 Å². The van der Waals surface area contributed by atoms with Crippen molar-refractivity contribution in [1.29, 1.82) is 0 Å². The lowest BCUT2D eigenvalue weighted by molar-refractivity contribution is -0.143. The van der Waals surface area contributed by atoms with Gasteiger partial charge in [-0.15, -0.1) is 0 Å².